The van der Waals surface area contributed by atoms with Gasteiger partial charge >= 0.3 is 0 Å². The second-order valence-electron chi connectivity index (χ2n) is 5.52. The van der Waals surface area contributed by atoms with Crippen LogP contribution in [0.4, 0.5) is 0 Å². The van der Waals surface area contributed by atoms with Crippen LogP contribution in [0.25, 0.3) is 11.0 Å². The molecule has 2 aromatic rings. The van der Waals surface area contributed by atoms with Crippen molar-refractivity contribution in [3.63, 3.8) is 0 Å². The Morgan fingerprint density at radius 2 is 2.25 bits per heavy atom. The fraction of sp³-hybridized carbons (Fsp3) is 0.467. The summed E-state index contributed by atoms with van der Waals surface area (Å²) in [6.07, 6.45) is 4.19. The third-order valence-electron chi connectivity index (χ3n) is 3.79. The Morgan fingerprint density at radius 1 is 1.45 bits per heavy atom. The van der Waals surface area contributed by atoms with Crippen LogP contribution in [0.2, 0.25) is 0 Å². The predicted molar refractivity (Wildman–Crippen MR) is 78.7 cm³/mol. The zero-order chi connectivity index (χ0) is 13.9. The van der Waals surface area contributed by atoms with Crippen LogP contribution in [0.5, 0.6) is 0 Å². The predicted octanol–water partition coefficient (Wildman–Crippen LogP) is 1.78. The Kier molecular flexibility index (Phi) is 3.69. The van der Waals surface area contributed by atoms with Gasteiger partial charge in [-0.1, -0.05) is 0 Å². The van der Waals surface area contributed by atoms with Crippen molar-refractivity contribution in [1.82, 2.24) is 20.2 Å². The third kappa shape index (κ3) is 2.82. The molecule has 106 valence electrons. The molecule has 0 saturated carbocycles. The number of hydrogen-bond acceptors (Lipinski definition) is 3. The van der Waals surface area contributed by atoms with Crippen molar-refractivity contribution in [2.45, 2.75) is 25.8 Å². The number of likely N-dealkylation sites (tertiary alicyclic amines) is 1. The van der Waals surface area contributed by atoms with E-state index in [2.05, 4.69) is 27.1 Å². The standard InChI is InChI=1S/C15H20N4O/c1-11(9-19-6-2-3-7-19)18-15(20)12-4-5-13-14(8-12)17-10-16-13/h4-5,8,10-11H,2-3,6-7,9H2,1H3,(H,16,17)(H,18,20). The molecule has 5 nitrogen and oxygen atoms in total. The highest BCUT2D eigenvalue weighted by Crippen LogP contribution is 2.12. The number of imidazole rings is 1. The molecule has 0 bridgehead atoms. The van der Waals surface area contributed by atoms with Gasteiger partial charge in [-0.3, -0.25) is 4.79 Å². The van der Waals surface area contributed by atoms with Crippen LogP contribution >= 0.6 is 0 Å². The molecule has 0 radical (unpaired) electrons. The molecule has 1 aromatic carbocycles. The summed E-state index contributed by atoms with van der Waals surface area (Å²) >= 11 is 0. The Bertz CT molecular complexity index is 601. The first-order chi connectivity index (χ1) is 9.72. The number of benzene rings is 1. The number of carbonyl (C=O) groups is 1. The average Bonchev–Trinajstić information content (AvgIpc) is 3.07. The number of aromatic nitrogens is 2. The molecule has 1 atom stereocenters. The monoisotopic (exact) mass is 272 g/mol. The second kappa shape index (κ2) is 5.63. The Labute approximate surface area is 118 Å². The zero-order valence-corrected chi connectivity index (χ0v) is 11.7. The molecule has 2 N–H and O–H groups in total. The molecule has 1 aliphatic heterocycles. The van der Waals surface area contributed by atoms with Gasteiger partial charge in [0.05, 0.1) is 17.4 Å². The van der Waals surface area contributed by atoms with Gasteiger partial charge in [-0.2, -0.15) is 0 Å². The van der Waals surface area contributed by atoms with Crippen molar-refractivity contribution in [1.29, 1.82) is 0 Å². The molecule has 2 heterocycles. The Balaban J connectivity index is 1.62. The van der Waals surface area contributed by atoms with E-state index in [1.54, 1.807) is 6.33 Å². The van der Waals surface area contributed by atoms with E-state index >= 15 is 0 Å². The van der Waals surface area contributed by atoms with E-state index in [9.17, 15) is 4.79 Å². The van der Waals surface area contributed by atoms with Gasteiger partial charge in [0.1, 0.15) is 0 Å². The van der Waals surface area contributed by atoms with Crippen molar-refractivity contribution in [2.24, 2.45) is 0 Å². The molecule has 1 fully saturated rings. The lowest BCUT2D eigenvalue weighted by atomic mass is 10.1. The SMILES string of the molecule is CC(CN1CCCC1)NC(=O)c1ccc2nc[nH]c2c1. The van der Waals surface area contributed by atoms with Crippen LogP contribution < -0.4 is 5.32 Å². The maximum Gasteiger partial charge on any atom is 0.251 e. The first-order valence-electron chi connectivity index (χ1n) is 7.19. The quantitative estimate of drug-likeness (QED) is 0.892. The molecule has 5 heteroatoms. The van der Waals surface area contributed by atoms with Crippen LogP contribution in [0.15, 0.2) is 24.5 Å². The molecule has 0 aliphatic carbocycles. The number of aromatic amines is 1. The lowest BCUT2D eigenvalue weighted by molar-refractivity contribution is 0.0932. The minimum absolute atomic E-state index is 0.0202. The lowest BCUT2D eigenvalue weighted by Crippen LogP contribution is -2.41. The van der Waals surface area contributed by atoms with E-state index in [1.807, 2.05) is 18.2 Å². The molecule has 1 aromatic heterocycles. The fourth-order valence-corrected chi connectivity index (χ4v) is 2.78. The second-order valence-corrected chi connectivity index (χ2v) is 5.52. The first kappa shape index (κ1) is 13.1. The highest BCUT2D eigenvalue weighted by atomic mass is 16.1. The smallest absolute Gasteiger partial charge is 0.251 e. The third-order valence-corrected chi connectivity index (χ3v) is 3.79. The normalized spacial score (nSPS) is 17.4. The van der Waals surface area contributed by atoms with Gasteiger partial charge in [-0.25, -0.2) is 4.98 Å². The van der Waals surface area contributed by atoms with Crippen LogP contribution in [0.1, 0.15) is 30.1 Å². The summed E-state index contributed by atoms with van der Waals surface area (Å²) in [5.74, 6) is -0.0202. The van der Waals surface area contributed by atoms with Crippen molar-refractivity contribution < 1.29 is 4.79 Å². The molecule has 1 saturated heterocycles. The number of carbonyl (C=O) groups excluding carboxylic acids is 1. The number of fused-ring (bicyclic) bond motifs is 1. The number of nitrogens with one attached hydrogen (secondary N) is 2. The molecule has 20 heavy (non-hydrogen) atoms. The van der Waals surface area contributed by atoms with Crippen molar-refractivity contribution in [3.8, 4) is 0 Å². The number of hydrogen-bond donors (Lipinski definition) is 2. The topological polar surface area (TPSA) is 61.0 Å². The first-order valence-corrected chi connectivity index (χ1v) is 7.19. The van der Waals surface area contributed by atoms with Crippen molar-refractivity contribution in [3.05, 3.63) is 30.1 Å². The maximum atomic E-state index is 12.2. The van der Waals surface area contributed by atoms with Gasteiger partial charge in [0.2, 0.25) is 0 Å². The van der Waals surface area contributed by atoms with Crippen LogP contribution in [0, 0.1) is 0 Å². The summed E-state index contributed by atoms with van der Waals surface area (Å²) in [6, 6.07) is 5.70. The number of rotatable bonds is 4. The van der Waals surface area contributed by atoms with Gasteiger partial charge in [-0.15, -0.1) is 0 Å². The lowest BCUT2D eigenvalue weighted by Gasteiger charge is -2.21. The molecule has 0 spiro atoms. The zero-order valence-electron chi connectivity index (χ0n) is 11.7. The van der Waals surface area contributed by atoms with E-state index in [0.29, 0.717) is 5.56 Å². The summed E-state index contributed by atoms with van der Waals surface area (Å²) in [5, 5.41) is 3.07. The van der Waals surface area contributed by atoms with E-state index in [1.165, 1.54) is 12.8 Å². The number of amides is 1. The van der Waals surface area contributed by atoms with Gasteiger partial charge in [0.15, 0.2) is 0 Å². The van der Waals surface area contributed by atoms with Crippen molar-refractivity contribution in [2.75, 3.05) is 19.6 Å². The van der Waals surface area contributed by atoms with E-state index in [0.717, 1.165) is 30.7 Å². The molecular weight excluding hydrogens is 252 g/mol. The fourth-order valence-electron chi connectivity index (χ4n) is 2.78. The summed E-state index contributed by atoms with van der Waals surface area (Å²) < 4.78 is 0. The number of nitrogens with zero attached hydrogens (tertiary/aromatic N) is 2. The van der Waals surface area contributed by atoms with E-state index in [-0.39, 0.29) is 11.9 Å². The maximum absolute atomic E-state index is 12.2. The highest BCUT2D eigenvalue weighted by molar-refractivity contribution is 5.97. The largest absolute Gasteiger partial charge is 0.348 e. The summed E-state index contributed by atoms with van der Waals surface area (Å²) in [7, 11) is 0. The molecule has 1 unspecified atom stereocenters. The van der Waals surface area contributed by atoms with Crippen LogP contribution in [-0.4, -0.2) is 46.5 Å². The Hall–Kier alpha value is -1.88. The highest BCUT2D eigenvalue weighted by Gasteiger charge is 2.16. The van der Waals surface area contributed by atoms with E-state index in [4.69, 9.17) is 0 Å². The van der Waals surface area contributed by atoms with Crippen LogP contribution in [0.3, 0.4) is 0 Å². The van der Waals surface area contributed by atoms with Gasteiger partial charge in [-0.05, 0) is 51.1 Å². The van der Waals surface area contributed by atoms with Gasteiger partial charge in [0.25, 0.3) is 5.91 Å². The number of H-pyrrole nitrogens is 1. The summed E-state index contributed by atoms with van der Waals surface area (Å²) in [5.41, 5.74) is 2.45. The van der Waals surface area contributed by atoms with Gasteiger partial charge < -0.3 is 15.2 Å². The van der Waals surface area contributed by atoms with Crippen molar-refractivity contribution >= 4 is 16.9 Å². The van der Waals surface area contributed by atoms with E-state index < -0.39 is 0 Å². The van der Waals surface area contributed by atoms with Gasteiger partial charge in [0, 0.05) is 18.2 Å². The minimum Gasteiger partial charge on any atom is -0.348 e. The molecular formula is C15H20N4O. The minimum atomic E-state index is -0.0202. The molecule has 3 rings (SSSR count). The summed E-state index contributed by atoms with van der Waals surface area (Å²) in [4.78, 5) is 21.8. The molecule has 1 amide bonds. The summed E-state index contributed by atoms with van der Waals surface area (Å²) in [6.45, 7) is 5.30. The molecule has 1 aliphatic rings. The average molecular weight is 272 g/mol. The Morgan fingerprint density at radius 3 is 3.05 bits per heavy atom. The van der Waals surface area contributed by atoms with Crippen LogP contribution in [-0.2, 0) is 0 Å².